The van der Waals surface area contributed by atoms with E-state index in [4.69, 9.17) is 9.98 Å². The predicted octanol–water partition coefficient (Wildman–Crippen LogP) is 3.89. The molecule has 34 heavy (non-hydrogen) atoms. The Morgan fingerprint density at radius 2 is 1.68 bits per heavy atom. The van der Waals surface area contributed by atoms with E-state index in [-0.39, 0.29) is 11.8 Å². The van der Waals surface area contributed by atoms with Crippen LogP contribution in [0.3, 0.4) is 0 Å². The first-order chi connectivity index (χ1) is 16.6. The number of hydrogen-bond acceptors (Lipinski definition) is 4. The highest BCUT2D eigenvalue weighted by atomic mass is 16.2. The van der Waals surface area contributed by atoms with E-state index in [0.717, 1.165) is 72.3 Å². The maximum Gasteiger partial charge on any atom is 0.256 e. The SMILES string of the molecule is O=C(C1CC1)N1CC(CN2C(=O)C3(CC3)N=C2c2ccc(-c3ccc4ccccc4n3)cc2)C1. The molecule has 3 heterocycles. The third kappa shape index (κ3) is 3.23. The number of pyridine rings is 1. The summed E-state index contributed by atoms with van der Waals surface area (Å²) in [6.45, 7) is 2.15. The zero-order chi connectivity index (χ0) is 22.9. The molecule has 4 aliphatic rings. The fraction of sp³-hybridized carbons (Fsp3) is 0.357. The Morgan fingerprint density at radius 1 is 0.941 bits per heavy atom. The molecule has 2 aliphatic carbocycles. The quantitative estimate of drug-likeness (QED) is 0.592. The number of rotatable bonds is 5. The number of fused-ring (bicyclic) bond motifs is 1. The van der Waals surface area contributed by atoms with Crippen LogP contribution in [0.1, 0.15) is 31.2 Å². The number of aliphatic imine (C=N–C) groups is 1. The number of amides is 2. The van der Waals surface area contributed by atoms with Gasteiger partial charge in [0.2, 0.25) is 5.91 Å². The average Bonchev–Trinajstić information content (AvgIpc) is 3.76. The fourth-order valence-electron chi connectivity index (χ4n) is 5.22. The van der Waals surface area contributed by atoms with Gasteiger partial charge in [0.1, 0.15) is 11.4 Å². The third-order valence-electron chi connectivity index (χ3n) is 7.62. The van der Waals surface area contributed by atoms with Gasteiger partial charge in [0.25, 0.3) is 5.91 Å². The molecule has 2 aromatic carbocycles. The summed E-state index contributed by atoms with van der Waals surface area (Å²) in [6, 6.07) is 20.5. The van der Waals surface area contributed by atoms with Crippen molar-refractivity contribution in [3.05, 3.63) is 66.2 Å². The maximum absolute atomic E-state index is 13.2. The number of carbonyl (C=O) groups is 2. The van der Waals surface area contributed by atoms with Gasteiger partial charge in [-0.05, 0) is 37.8 Å². The van der Waals surface area contributed by atoms with Gasteiger partial charge in [0, 0.05) is 48.0 Å². The van der Waals surface area contributed by atoms with Gasteiger partial charge in [-0.2, -0.15) is 0 Å². The summed E-state index contributed by atoms with van der Waals surface area (Å²) in [5.41, 5.74) is 3.39. The molecule has 0 N–H and O–H groups in total. The second-order valence-electron chi connectivity index (χ2n) is 10.2. The summed E-state index contributed by atoms with van der Waals surface area (Å²) in [6.07, 6.45) is 3.74. The third-order valence-corrected chi connectivity index (χ3v) is 7.62. The Hall–Kier alpha value is -3.54. The van der Waals surface area contributed by atoms with E-state index in [0.29, 0.717) is 18.4 Å². The topological polar surface area (TPSA) is 65.9 Å². The number of benzene rings is 2. The first-order valence-electron chi connectivity index (χ1n) is 12.3. The molecule has 1 aromatic heterocycles. The molecule has 0 unspecified atom stereocenters. The van der Waals surface area contributed by atoms with Crippen LogP contribution in [-0.4, -0.2) is 57.6 Å². The Balaban J connectivity index is 1.11. The molecular formula is C28H26N4O2. The Kier molecular flexibility index (Phi) is 4.23. The van der Waals surface area contributed by atoms with E-state index >= 15 is 0 Å². The molecule has 1 saturated heterocycles. The average molecular weight is 451 g/mol. The van der Waals surface area contributed by atoms with Crippen LogP contribution in [-0.2, 0) is 9.59 Å². The van der Waals surface area contributed by atoms with Crippen molar-refractivity contribution < 1.29 is 9.59 Å². The van der Waals surface area contributed by atoms with Gasteiger partial charge >= 0.3 is 0 Å². The Bertz CT molecular complexity index is 1350. The number of hydrogen-bond donors (Lipinski definition) is 0. The van der Waals surface area contributed by atoms with Crippen molar-refractivity contribution in [1.29, 1.82) is 0 Å². The van der Waals surface area contributed by atoms with Gasteiger partial charge in [-0.25, -0.2) is 4.98 Å². The highest BCUT2D eigenvalue weighted by molar-refractivity contribution is 6.16. The molecule has 2 saturated carbocycles. The molecule has 3 fully saturated rings. The summed E-state index contributed by atoms with van der Waals surface area (Å²) in [5.74, 6) is 1.81. The number of para-hydroxylation sites is 1. The van der Waals surface area contributed by atoms with Crippen molar-refractivity contribution in [3.63, 3.8) is 0 Å². The fourth-order valence-corrected chi connectivity index (χ4v) is 5.22. The summed E-state index contributed by atoms with van der Waals surface area (Å²) >= 11 is 0. The number of nitrogens with zero attached hydrogens (tertiary/aromatic N) is 4. The van der Waals surface area contributed by atoms with E-state index in [1.807, 2.05) is 34.1 Å². The lowest BCUT2D eigenvalue weighted by atomic mass is 9.98. The standard InChI is InChI=1S/C28H26N4O2/c33-26(22-9-10-22)31-15-18(16-31)17-32-25(30-28(13-14-28)27(32)34)21-7-5-20(6-8-21)24-12-11-19-3-1-2-4-23(19)29-24/h1-8,11-12,18,22H,9-10,13-17H2. The molecule has 3 aromatic rings. The molecule has 1 spiro atoms. The van der Waals surface area contributed by atoms with E-state index < -0.39 is 5.54 Å². The second-order valence-corrected chi connectivity index (χ2v) is 10.2. The largest absolute Gasteiger partial charge is 0.342 e. The summed E-state index contributed by atoms with van der Waals surface area (Å²) in [4.78, 5) is 39.0. The molecule has 0 atom stereocenters. The van der Waals surface area contributed by atoms with Crippen molar-refractivity contribution in [2.45, 2.75) is 31.2 Å². The predicted molar refractivity (Wildman–Crippen MR) is 130 cm³/mol. The molecule has 170 valence electrons. The Morgan fingerprint density at radius 3 is 2.41 bits per heavy atom. The van der Waals surface area contributed by atoms with Gasteiger partial charge in [0.05, 0.1) is 11.2 Å². The highest BCUT2D eigenvalue weighted by Crippen LogP contribution is 2.46. The molecule has 0 bridgehead atoms. The van der Waals surface area contributed by atoms with E-state index in [2.05, 4.69) is 36.4 Å². The van der Waals surface area contributed by atoms with Gasteiger partial charge in [0.15, 0.2) is 0 Å². The van der Waals surface area contributed by atoms with Crippen LogP contribution in [0.25, 0.3) is 22.2 Å². The molecular weight excluding hydrogens is 424 g/mol. The van der Waals surface area contributed by atoms with E-state index in [9.17, 15) is 9.59 Å². The molecule has 6 heteroatoms. The minimum absolute atomic E-state index is 0.134. The molecule has 2 amide bonds. The monoisotopic (exact) mass is 450 g/mol. The summed E-state index contributed by atoms with van der Waals surface area (Å²) < 4.78 is 0. The van der Waals surface area contributed by atoms with Gasteiger partial charge in [-0.1, -0.05) is 48.5 Å². The first kappa shape index (κ1) is 19.9. The smallest absolute Gasteiger partial charge is 0.256 e. The van der Waals surface area contributed by atoms with E-state index in [1.54, 1.807) is 0 Å². The lowest BCUT2D eigenvalue weighted by Gasteiger charge is -2.41. The van der Waals surface area contributed by atoms with Crippen LogP contribution in [0.5, 0.6) is 0 Å². The molecule has 0 radical (unpaired) electrons. The number of carbonyl (C=O) groups excluding carboxylic acids is 2. The summed E-state index contributed by atoms with van der Waals surface area (Å²) in [5, 5.41) is 1.13. The van der Waals surface area contributed by atoms with Crippen molar-refractivity contribution in [2.75, 3.05) is 19.6 Å². The van der Waals surface area contributed by atoms with Crippen molar-refractivity contribution >= 4 is 28.6 Å². The first-order valence-corrected chi connectivity index (χ1v) is 12.3. The van der Waals surface area contributed by atoms with Gasteiger partial charge in [-0.15, -0.1) is 0 Å². The highest BCUT2D eigenvalue weighted by Gasteiger charge is 2.57. The van der Waals surface area contributed by atoms with Gasteiger partial charge in [-0.3, -0.25) is 19.5 Å². The van der Waals surface area contributed by atoms with Crippen LogP contribution >= 0.6 is 0 Å². The second kappa shape index (κ2) is 7.23. The minimum atomic E-state index is -0.527. The van der Waals surface area contributed by atoms with Crippen molar-refractivity contribution in [2.24, 2.45) is 16.8 Å². The van der Waals surface area contributed by atoms with Crippen LogP contribution in [0.15, 0.2) is 65.7 Å². The van der Waals surface area contributed by atoms with Crippen LogP contribution < -0.4 is 0 Å². The number of likely N-dealkylation sites (tertiary alicyclic amines) is 1. The Labute approximate surface area is 198 Å². The maximum atomic E-state index is 13.2. The molecule has 2 aliphatic heterocycles. The van der Waals surface area contributed by atoms with Crippen LogP contribution in [0, 0.1) is 11.8 Å². The zero-order valence-electron chi connectivity index (χ0n) is 19.0. The molecule has 6 nitrogen and oxygen atoms in total. The zero-order valence-corrected chi connectivity index (χ0v) is 19.0. The van der Waals surface area contributed by atoms with Crippen LogP contribution in [0.4, 0.5) is 0 Å². The lowest BCUT2D eigenvalue weighted by Crippen LogP contribution is -2.55. The van der Waals surface area contributed by atoms with Crippen LogP contribution in [0.2, 0.25) is 0 Å². The summed E-state index contributed by atoms with van der Waals surface area (Å²) in [7, 11) is 0. The number of aromatic nitrogens is 1. The number of amidine groups is 1. The van der Waals surface area contributed by atoms with Crippen molar-refractivity contribution in [1.82, 2.24) is 14.8 Å². The lowest BCUT2D eigenvalue weighted by molar-refractivity contribution is -0.139. The van der Waals surface area contributed by atoms with E-state index in [1.165, 1.54) is 0 Å². The molecule has 7 rings (SSSR count). The van der Waals surface area contributed by atoms with Gasteiger partial charge < -0.3 is 4.90 Å². The van der Waals surface area contributed by atoms with Crippen molar-refractivity contribution in [3.8, 4) is 11.3 Å². The normalized spacial score (nSPS) is 21.2. The minimum Gasteiger partial charge on any atom is -0.342 e.